The predicted molar refractivity (Wildman–Crippen MR) is 151 cm³/mol. The zero-order valence-corrected chi connectivity index (χ0v) is 22.5. The van der Waals surface area contributed by atoms with Gasteiger partial charge in [-0.15, -0.1) is 23.1 Å². The number of carbonyl (C=O) groups excluding carboxylic acids is 3. The minimum atomic E-state index is -0.605. The van der Waals surface area contributed by atoms with E-state index in [1.807, 2.05) is 42.6 Å². The van der Waals surface area contributed by atoms with Crippen LogP contribution in [-0.4, -0.2) is 30.1 Å². The van der Waals surface area contributed by atoms with Gasteiger partial charge in [0.25, 0.3) is 5.91 Å². The molecule has 0 saturated carbocycles. The number of aryl methyl sites for hydroxylation is 1. The fraction of sp³-hybridized carbons (Fsp3) is 0.138. The van der Waals surface area contributed by atoms with Gasteiger partial charge in [-0.1, -0.05) is 48.0 Å². The topological polar surface area (TPSA) is 84.5 Å². The minimum Gasteiger partial charge on any atom is -0.465 e. The van der Waals surface area contributed by atoms with Gasteiger partial charge < -0.3 is 15.4 Å². The summed E-state index contributed by atoms with van der Waals surface area (Å²) in [4.78, 5) is 38.9. The van der Waals surface area contributed by atoms with Crippen LogP contribution in [0.4, 0.5) is 15.1 Å². The summed E-state index contributed by atoms with van der Waals surface area (Å²) in [5.41, 5.74) is 3.37. The summed E-state index contributed by atoms with van der Waals surface area (Å²) in [6.07, 6.45) is 0. The fourth-order valence-electron chi connectivity index (χ4n) is 3.66. The predicted octanol–water partition coefficient (Wildman–Crippen LogP) is 7.02. The second-order valence-electron chi connectivity index (χ2n) is 8.42. The Morgan fingerprint density at radius 3 is 2.42 bits per heavy atom. The SMILES string of the molecule is COC(=O)c1c(-c2ccc(C)cc2)csc1NC(=O)C(C)Sc1cccc(NC(=O)c2ccccc2F)c1. The molecule has 38 heavy (non-hydrogen) atoms. The average Bonchev–Trinajstić information content (AvgIpc) is 3.32. The maximum Gasteiger partial charge on any atom is 0.341 e. The van der Waals surface area contributed by atoms with E-state index < -0.39 is 22.9 Å². The van der Waals surface area contributed by atoms with Crippen molar-refractivity contribution in [2.45, 2.75) is 24.0 Å². The van der Waals surface area contributed by atoms with Crippen LogP contribution >= 0.6 is 23.1 Å². The summed E-state index contributed by atoms with van der Waals surface area (Å²) in [5, 5.41) is 7.27. The molecule has 0 aliphatic rings. The monoisotopic (exact) mass is 548 g/mol. The Bertz CT molecular complexity index is 1480. The normalized spacial score (nSPS) is 11.5. The van der Waals surface area contributed by atoms with Crippen molar-refractivity contribution < 1.29 is 23.5 Å². The number of rotatable bonds is 8. The maximum atomic E-state index is 13.9. The van der Waals surface area contributed by atoms with Crippen LogP contribution in [0, 0.1) is 12.7 Å². The summed E-state index contributed by atoms with van der Waals surface area (Å²) in [5.74, 6) is -1.99. The second kappa shape index (κ2) is 12.1. The highest BCUT2D eigenvalue weighted by Gasteiger charge is 2.24. The van der Waals surface area contributed by atoms with Gasteiger partial charge in [-0.2, -0.15) is 0 Å². The standard InChI is InChI=1S/C29H25FN2O4S2/c1-17-11-13-19(14-12-17)23-16-37-28(25(23)29(35)36-3)32-26(33)18(2)38-21-8-6-7-20(15-21)31-27(34)22-9-4-5-10-24(22)30/h4-16,18H,1-3H3,(H,31,34)(H,32,33). The van der Waals surface area contributed by atoms with E-state index in [-0.39, 0.29) is 11.5 Å². The molecule has 0 bridgehead atoms. The molecule has 0 aliphatic heterocycles. The van der Waals surface area contributed by atoms with E-state index in [0.717, 1.165) is 16.0 Å². The smallest absolute Gasteiger partial charge is 0.341 e. The third-order valence-electron chi connectivity index (χ3n) is 5.67. The first-order valence-corrected chi connectivity index (χ1v) is 13.4. The van der Waals surface area contributed by atoms with E-state index in [1.165, 1.54) is 48.4 Å². The summed E-state index contributed by atoms with van der Waals surface area (Å²) in [7, 11) is 1.31. The number of anilines is 2. The number of esters is 1. The van der Waals surface area contributed by atoms with E-state index >= 15 is 0 Å². The number of benzene rings is 3. The van der Waals surface area contributed by atoms with Crippen molar-refractivity contribution in [3.8, 4) is 11.1 Å². The molecule has 0 fully saturated rings. The molecule has 0 spiro atoms. The highest BCUT2D eigenvalue weighted by atomic mass is 32.2. The molecule has 1 atom stereocenters. The molecular formula is C29H25FN2O4S2. The van der Waals surface area contributed by atoms with Crippen molar-refractivity contribution in [3.05, 3.63) is 101 Å². The molecule has 194 valence electrons. The van der Waals surface area contributed by atoms with Gasteiger partial charge in [-0.25, -0.2) is 9.18 Å². The second-order valence-corrected chi connectivity index (χ2v) is 10.7. The van der Waals surface area contributed by atoms with Gasteiger partial charge in [-0.3, -0.25) is 9.59 Å². The highest BCUT2D eigenvalue weighted by Crippen LogP contribution is 2.37. The number of nitrogens with one attached hydrogen (secondary N) is 2. The lowest BCUT2D eigenvalue weighted by molar-refractivity contribution is -0.115. The van der Waals surface area contributed by atoms with Crippen LogP contribution in [0.1, 0.15) is 33.2 Å². The van der Waals surface area contributed by atoms with Crippen LogP contribution in [0.5, 0.6) is 0 Å². The molecular weight excluding hydrogens is 523 g/mol. The van der Waals surface area contributed by atoms with Gasteiger partial charge in [0, 0.05) is 21.5 Å². The molecule has 6 nitrogen and oxygen atoms in total. The van der Waals surface area contributed by atoms with Crippen LogP contribution < -0.4 is 10.6 Å². The van der Waals surface area contributed by atoms with Crippen molar-refractivity contribution in [1.29, 1.82) is 0 Å². The number of thioether (sulfide) groups is 1. The molecule has 9 heteroatoms. The molecule has 3 aromatic carbocycles. The maximum absolute atomic E-state index is 13.9. The zero-order chi connectivity index (χ0) is 27.2. The van der Waals surface area contributed by atoms with E-state index in [4.69, 9.17) is 4.74 Å². The quantitative estimate of drug-likeness (QED) is 0.183. The number of hydrogen-bond acceptors (Lipinski definition) is 6. The molecule has 0 radical (unpaired) electrons. The third-order valence-corrected chi connectivity index (χ3v) is 7.66. The van der Waals surface area contributed by atoms with Crippen LogP contribution in [-0.2, 0) is 9.53 Å². The average molecular weight is 549 g/mol. The number of methoxy groups -OCH3 is 1. The largest absolute Gasteiger partial charge is 0.465 e. The van der Waals surface area contributed by atoms with Crippen LogP contribution in [0.15, 0.2) is 83.1 Å². The Labute approximate surface area is 228 Å². The van der Waals surface area contributed by atoms with Crippen LogP contribution in [0.3, 0.4) is 0 Å². The van der Waals surface area contributed by atoms with Crippen LogP contribution in [0.2, 0.25) is 0 Å². The van der Waals surface area contributed by atoms with Gasteiger partial charge in [0.1, 0.15) is 16.4 Å². The molecule has 2 amide bonds. The first-order valence-electron chi connectivity index (χ1n) is 11.7. The minimum absolute atomic E-state index is 0.0549. The third kappa shape index (κ3) is 6.30. The zero-order valence-electron chi connectivity index (χ0n) is 20.9. The highest BCUT2D eigenvalue weighted by molar-refractivity contribution is 8.00. The fourth-order valence-corrected chi connectivity index (χ4v) is 5.55. The Morgan fingerprint density at radius 2 is 1.71 bits per heavy atom. The summed E-state index contributed by atoms with van der Waals surface area (Å²) in [6, 6.07) is 20.5. The number of carbonyl (C=O) groups is 3. The molecule has 4 rings (SSSR count). The van der Waals surface area contributed by atoms with Gasteiger partial charge in [0.15, 0.2) is 0 Å². The number of hydrogen-bond donors (Lipinski definition) is 2. The van der Waals surface area contributed by atoms with E-state index in [9.17, 15) is 18.8 Å². The van der Waals surface area contributed by atoms with Gasteiger partial charge in [0.2, 0.25) is 5.91 Å². The Hall–Kier alpha value is -3.95. The van der Waals surface area contributed by atoms with Gasteiger partial charge in [0.05, 0.1) is 17.9 Å². The van der Waals surface area contributed by atoms with E-state index in [0.29, 0.717) is 21.8 Å². The van der Waals surface area contributed by atoms with Crippen molar-refractivity contribution in [1.82, 2.24) is 0 Å². The molecule has 1 unspecified atom stereocenters. The van der Waals surface area contributed by atoms with Gasteiger partial charge in [-0.05, 0) is 49.7 Å². The number of amides is 2. The molecule has 2 N–H and O–H groups in total. The molecule has 1 aromatic heterocycles. The van der Waals surface area contributed by atoms with E-state index in [1.54, 1.807) is 31.2 Å². The Kier molecular flexibility index (Phi) is 8.60. The first-order chi connectivity index (χ1) is 18.3. The van der Waals surface area contributed by atoms with E-state index in [2.05, 4.69) is 10.6 Å². The van der Waals surface area contributed by atoms with Crippen molar-refractivity contribution in [2.24, 2.45) is 0 Å². The Balaban J connectivity index is 1.47. The first kappa shape index (κ1) is 27.1. The molecule has 1 heterocycles. The number of thiophene rings is 1. The number of halogens is 1. The Morgan fingerprint density at radius 1 is 0.974 bits per heavy atom. The summed E-state index contributed by atoms with van der Waals surface area (Å²) < 4.78 is 18.9. The molecule has 0 saturated heterocycles. The summed E-state index contributed by atoms with van der Waals surface area (Å²) >= 11 is 2.55. The van der Waals surface area contributed by atoms with Crippen molar-refractivity contribution in [3.63, 3.8) is 0 Å². The van der Waals surface area contributed by atoms with Crippen molar-refractivity contribution in [2.75, 3.05) is 17.7 Å². The lowest BCUT2D eigenvalue weighted by atomic mass is 10.0. The number of ether oxygens (including phenoxy) is 1. The molecule has 4 aromatic rings. The van der Waals surface area contributed by atoms with Gasteiger partial charge >= 0.3 is 5.97 Å². The van der Waals surface area contributed by atoms with Crippen molar-refractivity contribution >= 4 is 51.6 Å². The lowest BCUT2D eigenvalue weighted by Crippen LogP contribution is -2.23. The summed E-state index contributed by atoms with van der Waals surface area (Å²) in [6.45, 7) is 3.73. The lowest BCUT2D eigenvalue weighted by Gasteiger charge is -2.13. The molecule has 0 aliphatic carbocycles. The van der Waals surface area contributed by atoms with Crippen LogP contribution in [0.25, 0.3) is 11.1 Å².